The monoisotopic (exact) mass is 887 g/mol. The molecular formula is C37H41N7O19. The van der Waals surface area contributed by atoms with Gasteiger partial charge in [-0.25, -0.2) is 19.2 Å². The van der Waals surface area contributed by atoms with Gasteiger partial charge < -0.3 is 34.1 Å². The van der Waals surface area contributed by atoms with E-state index in [1.54, 1.807) is 0 Å². The Labute approximate surface area is 356 Å². The fraction of sp³-hybridized carbons (Fsp3) is 0.541. The van der Waals surface area contributed by atoms with Gasteiger partial charge in [0.15, 0.2) is 0 Å². The standard InChI is InChI=1S/C37H41N7O19/c1-2-23(45)38(17-11-24(46)39(19-13-34(56)60-41-26(48)3-4-27(41)49)20-14-35(57)61-42-28(50)5-6-29(42)51)18-12-25(47)40(21-15-36(58)62-43-30(52)7-8-31(43)53)22-16-37(59)63-44-32(54)9-10-33(44)55/h1H,3-22H2. The molecule has 0 saturated carbocycles. The van der Waals surface area contributed by atoms with Gasteiger partial charge in [-0.3, -0.25) is 52.7 Å². The maximum absolute atomic E-state index is 13.5. The van der Waals surface area contributed by atoms with Gasteiger partial charge in [0.2, 0.25) is 11.8 Å². The predicted octanol–water partition coefficient (Wildman–Crippen LogP) is -3.13. The average molecular weight is 888 g/mol. The number of amides is 11. The Morgan fingerprint density at radius 3 is 0.794 bits per heavy atom. The zero-order valence-electron chi connectivity index (χ0n) is 33.6. The van der Waals surface area contributed by atoms with Crippen LogP contribution in [0.15, 0.2) is 0 Å². The van der Waals surface area contributed by atoms with E-state index in [1.165, 1.54) is 0 Å². The first-order chi connectivity index (χ1) is 29.9. The Hall–Kier alpha value is -7.59. The van der Waals surface area contributed by atoms with E-state index in [2.05, 4.69) is 0 Å². The molecule has 0 bridgehead atoms. The molecule has 4 heterocycles. The third-order valence-corrected chi connectivity index (χ3v) is 9.45. The van der Waals surface area contributed by atoms with E-state index in [9.17, 15) is 71.9 Å². The van der Waals surface area contributed by atoms with Crippen LogP contribution in [0.2, 0.25) is 0 Å². The number of hydroxylamine groups is 8. The Morgan fingerprint density at radius 1 is 0.381 bits per heavy atom. The second-order valence-corrected chi connectivity index (χ2v) is 13.9. The van der Waals surface area contributed by atoms with Crippen molar-refractivity contribution in [1.29, 1.82) is 0 Å². The van der Waals surface area contributed by atoms with Crippen LogP contribution in [0.5, 0.6) is 0 Å². The maximum atomic E-state index is 13.5. The average Bonchev–Trinajstić information content (AvgIpc) is 3.95. The van der Waals surface area contributed by atoms with Crippen molar-refractivity contribution in [1.82, 2.24) is 35.0 Å². The first-order valence-corrected chi connectivity index (χ1v) is 19.5. The fourth-order valence-corrected chi connectivity index (χ4v) is 6.03. The van der Waals surface area contributed by atoms with Gasteiger partial charge in [0, 0.05) is 103 Å². The van der Waals surface area contributed by atoms with E-state index in [1.807, 2.05) is 5.92 Å². The molecule has 4 rings (SSSR count). The number of terminal acetylenes is 1. The van der Waals surface area contributed by atoms with Gasteiger partial charge >= 0.3 is 23.9 Å². The fourth-order valence-electron chi connectivity index (χ4n) is 6.03. The summed E-state index contributed by atoms with van der Waals surface area (Å²) in [6.45, 7) is -2.78. The van der Waals surface area contributed by atoms with Crippen molar-refractivity contribution >= 4 is 88.9 Å². The highest BCUT2D eigenvalue weighted by Crippen LogP contribution is 2.17. The number of hydrogen-bond donors (Lipinski definition) is 0. The van der Waals surface area contributed by atoms with Crippen molar-refractivity contribution < 1.29 is 91.3 Å². The highest BCUT2D eigenvalue weighted by Gasteiger charge is 2.36. The smallest absolute Gasteiger partial charge is 0.334 e. The minimum atomic E-state index is -1.10. The van der Waals surface area contributed by atoms with Crippen LogP contribution in [0.3, 0.4) is 0 Å². The molecule has 0 N–H and O–H groups in total. The molecule has 11 amide bonds. The minimum Gasteiger partial charge on any atom is -0.341 e. The van der Waals surface area contributed by atoms with Gasteiger partial charge in [-0.15, -0.1) is 26.7 Å². The van der Waals surface area contributed by atoms with Gasteiger partial charge in [0.1, 0.15) is 0 Å². The number of hydrogen-bond acceptors (Lipinski definition) is 19. The third kappa shape index (κ3) is 13.7. The Bertz CT molecular complexity index is 1730. The van der Waals surface area contributed by atoms with Crippen LogP contribution < -0.4 is 0 Å². The first-order valence-electron chi connectivity index (χ1n) is 19.5. The van der Waals surface area contributed by atoms with E-state index in [0.29, 0.717) is 0 Å². The molecule has 0 aromatic rings. The lowest BCUT2D eigenvalue weighted by atomic mass is 10.2. The largest absolute Gasteiger partial charge is 0.341 e. The van der Waals surface area contributed by atoms with Crippen LogP contribution in [0.1, 0.15) is 89.9 Å². The van der Waals surface area contributed by atoms with E-state index in [0.717, 1.165) is 14.7 Å². The first kappa shape index (κ1) is 48.1. The molecule has 26 heteroatoms. The molecule has 0 aromatic carbocycles. The Balaban J connectivity index is 1.39. The van der Waals surface area contributed by atoms with Crippen molar-refractivity contribution in [2.24, 2.45) is 0 Å². The van der Waals surface area contributed by atoms with Crippen LogP contribution in [-0.2, 0) is 91.3 Å². The zero-order chi connectivity index (χ0) is 46.4. The number of nitrogens with zero attached hydrogens (tertiary/aromatic N) is 7. The molecular weight excluding hydrogens is 846 g/mol. The highest BCUT2D eigenvalue weighted by atomic mass is 16.7. The molecule has 0 spiro atoms. The molecule has 0 radical (unpaired) electrons. The van der Waals surface area contributed by atoms with Crippen LogP contribution in [0.4, 0.5) is 0 Å². The molecule has 4 aliphatic rings. The lowest BCUT2D eigenvalue weighted by molar-refractivity contribution is -0.198. The van der Waals surface area contributed by atoms with E-state index < -0.39 is 167 Å². The summed E-state index contributed by atoms with van der Waals surface area (Å²) in [5, 5.41) is 1.15. The van der Waals surface area contributed by atoms with E-state index in [-0.39, 0.29) is 71.6 Å². The summed E-state index contributed by atoms with van der Waals surface area (Å²) in [5.74, 6) is -11.3. The van der Waals surface area contributed by atoms with Crippen LogP contribution in [0, 0.1) is 12.3 Å². The summed E-state index contributed by atoms with van der Waals surface area (Å²) in [7, 11) is 0. The number of carbonyl (C=O) groups excluding carboxylic acids is 15. The second kappa shape index (κ2) is 22.3. The Kier molecular flexibility index (Phi) is 17.0. The molecule has 4 aliphatic heterocycles. The lowest BCUT2D eigenvalue weighted by Gasteiger charge is -2.26. The van der Waals surface area contributed by atoms with Gasteiger partial charge in [-0.2, -0.15) is 0 Å². The van der Waals surface area contributed by atoms with Crippen LogP contribution in [-0.4, -0.2) is 163 Å². The molecule has 4 fully saturated rings. The topological polar surface area (TPSA) is 316 Å². The maximum Gasteiger partial charge on any atom is 0.334 e. The van der Waals surface area contributed by atoms with Gasteiger partial charge in [0.05, 0.1) is 25.7 Å². The van der Waals surface area contributed by atoms with E-state index in [4.69, 9.17) is 25.8 Å². The molecule has 4 saturated heterocycles. The normalized spacial score (nSPS) is 16.1. The van der Waals surface area contributed by atoms with Gasteiger partial charge in [-0.1, -0.05) is 0 Å². The van der Waals surface area contributed by atoms with Gasteiger partial charge in [-0.05, 0) is 5.92 Å². The molecule has 63 heavy (non-hydrogen) atoms. The SMILES string of the molecule is C#CC(=O)N(CCC(=O)N(CCC(=O)ON1C(=O)CCC1=O)CCC(=O)ON1C(=O)CCC1=O)CCC(=O)N(CCC(=O)ON1C(=O)CCC1=O)CCC(=O)ON1C(=O)CCC1=O. The van der Waals surface area contributed by atoms with Crippen LogP contribution in [0.25, 0.3) is 0 Å². The van der Waals surface area contributed by atoms with Crippen molar-refractivity contribution in [3.05, 3.63) is 0 Å². The summed E-state index contributed by atoms with van der Waals surface area (Å²) >= 11 is 0. The number of rotatable bonds is 22. The molecule has 0 aliphatic carbocycles. The van der Waals surface area contributed by atoms with Gasteiger partial charge in [0.25, 0.3) is 53.2 Å². The van der Waals surface area contributed by atoms with Crippen molar-refractivity contribution in [2.45, 2.75) is 89.9 Å². The summed E-state index contributed by atoms with van der Waals surface area (Å²) in [6.07, 6.45) is 0.372. The predicted molar refractivity (Wildman–Crippen MR) is 195 cm³/mol. The second-order valence-electron chi connectivity index (χ2n) is 13.9. The highest BCUT2D eigenvalue weighted by molar-refractivity contribution is 6.03. The molecule has 0 unspecified atom stereocenters. The number of carbonyl (C=O) groups is 15. The summed E-state index contributed by atoms with van der Waals surface area (Å²) in [5.41, 5.74) is 0. The van der Waals surface area contributed by atoms with Crippen molar-refractivity contribution in [2.75, 3.05) is 39.3 Å². The summed E-state index contributed by atoms with van der Waals surface area (Å²) < 4.78 is 0. The lowest BCUT2D eigenvalue weighted by Crippen LogP contribution is -2.42. The van der Waals surface area contributed by atoms with Crippen LogP contribution >= 0.6 is 0 Å². The minimum absolute atomic E-state index is 0.183. The third-order valence-electron chi connectivity index (χ3n) is 9.45. The Morgan fingerprint density at radius 2 is 0.587 bits per heavy atom. The quantitative estimate of drug-likeness (QED) is 0.0766. The molecule has 26 nitrogen and oxygen atoms in total. The number of imide groups is 4. The molecule has 0 aromatic heterocycles. The van der Waals surface area contributed by atoms with Crippen molar-refractivity contribution in [3.8, 4) is 12.3 Å². The molecule has 0 atom stereocenters. The van der Waals surface area contributed by atoms with E-state index >= 15 is 0 Å². The van der Waals surface area contributed by atoms with Crippen molar-refractivity contribution in [3.63, 3.8) is 0 Å². The molecule has 338 valence electrons. The zero-order valence-corrected chi connectivity index (χ0v) is 33.6. The summed E-state index contributed by atoms with van der Waals surface area (Å²) in [6, 6.07) is 0. The summed E-state index contributed by atoms with van der Waals surface area (Å²) in [4.78, 5) is 207.